The molecule has 92 valence electrons. The average molecular weight is 258 g/mol. The summed E-state index contributed by atoms with van der Waals surface area (Å²) in [6.45, 7) is 3.62. The Bertz CT molecular complexity index is 563. The van der Waals surface area contributed by atoms with Gasteiger partial charge in [0.25, 0.3) is 0 Å². The number of aromatic nitrogens is 1. The number of carbonyl (C=O) groups excluding carboxylic acids is 1. The third-order valence-corrected chi connectivity index (χ3v) is 3.31. The maximum atomic E-state index is 11.7. The molecule has 1 aromatic heterocycles. The lowest BCUT2D eigenvalue weighted by atomic mass is 10.2. The van der Waals surface area contributed by atoms with Crippen LogP contribution in [-0.2, 0) is 4.79 Å². The quantitative estimate of drug-likeness (QED) is 0.662. The number of thioether (sulfide) groups is 1. The molecule has 0 aliphatic carbocycles. The summed E-state index contributed by atoms with van der Waals surface area (Å²) in [5.41, 5.74) is 1.58. The van der Waals surface area contributed by atoms with E-state index in [1.165, 1.54) is 11.8 Å². The minimum atomic E-state index is -0.0139. The van der Waals surface area contributed by atoms with E-state index in [-0.39, 0.29) is 5.91 Å². The molecular formula is C14H14N2OS. The van der Waals surface area contributed by atoms with Crippen molar-refractivity contribution >= 4 is 34.3 Å². The van der Waals surface area contributed by atoms with Gasteiger partial charge in [0.1, 0.15) is 0 Å². The second kappa shape index (κ2) is 6.21. The highest BCUT2D eigenvalue weighted by atomic mass is 32.2. The average Bonchev–Trinajstić information content (AvgIpc) is 2.39. The number of fused-ring (bicyclic) bond motifs is 1. The topological polar surface area (TPSA) is 42.0 Å². The van der Waals surface area contributed by atoms with Crippen LogP contribution in [0.1, 0.15) is 0 Å². The monoisotopic (exact) mass is 258 g/mol. The van der Waals surface area contributed by atoms with Crippen molar-refractivity contribution in [3.8, 4) is 0 Å². The molecular weight excluding hydrogens is 244 g/mol. The third kappa shape index (κ3) is 3.11. The Balaban J connectivity index is 2.11. The summed E-state index contributed by atoms with van der Waals surface area (Å²) in [6, 6.07) is 9.62. The number of pyridine rings is 1. The second-order valence-electron chi connectivity index (χ2n) is 3.73. The zero-order valence-electron chi connectivity index (χ0n) is 9.93. The van der Waals surface area contributed by atoms with Gasteiger partial charge >= 0.3 is 0 Å². The molecule has 1 aromatic carbocycles. The van der Waals surface area contributed by atoms with E-state index in [1.54, 1.807) is 12.3 Å². The number of hydrogen-bond acceptors (Lipinski definition) is 3. The molecule has 2 rings (SSSR count). The smallest absolute Gasteiger partial charge is 0.234 e. The minimum absolute atomic E-state index is 0.0139. The Kier molecular flexibility index (Phi) is 4.36. The van der Waals surface area contributed by atoms with Crippen LogP contribution in [0.25, 0.3) is 10.9 Å². The number of carbonyl (C=O) groups is 1. The summed E-state index contributed by atoms with van der Waals surface area (Å²) in [5, 5.41) is 3.91. The Labute approximate surface area is 110 Å². The standard InChI is InChI=1S/C14H14N2OS/c1-2-9-18-10-13(17)16-12-7-3-5-11-6-4-8-15-14(11)12/h2-8H,1,9-10H2,(H,16,17). The number of anilines is 1. The fourth-order valence-electron chi connectivity index (χ4n) is 1.63. The van der Waals surface area contributed by atoms with Gasteiger partial charge in [0.05, 0.1) is 17.0 Å². The van der Waals surface area contributed by atoms with Crippen LogP contribution < -0.4 is 5.32 Å². The molecule has 1 heterocycles. The van der Waals surface area contributed by atoms with Crippen LogP contribution in [0, 0.1) is 0 Å². The number of benzene rings is 1. The largest absolute Gasteiger partial charge is 0.323 e. The number of para-hydroxylation sites is 1. The van der Waals surface area contributed by atoms with E-state index in [1.807, 2.05) is 30.3 Å². The maximum Gasteiger partial charge on any atom is 0.234 e. The Morgan fingerprint density at radius 1 is 1.39 bits per heavy atom. The molecule has 0 atom stereocenters. The van der Waals surface area contributed by atoms with Gasteiger partial charge in [-0.15, -0.1) is 18.3 Å². The molecule has 0 saturated heterocycles. The molecule has 0 spiro atoms. The number of nitrogens with one attached hydrogen (secondary N) is 1. The highest BCUT2D eigenvalue weighted by molar-refractivity contribution is 8.00. The Morgan fingerprint density at radius 2 is 2.22 bits per heavy atom. The van der Waals surface area contributed by atoms with Crippen LogP contribution in [0.3, 0.4) is 0 Å². The van der Waals surface area contributed by atoms with E-state index < -0.39 is 0 Å². The maximum absolute atomic E-state index is 11.7. The molecule has 1 N–H and O–H groups in total. The van der Waals surface area contributed by atoms with E-state index in [9.17, 15) is 4.79 Å². The highest BCUT2D eigenvalue weighted by Crippen LogP contribution is 2.20. The summed E-state index contributed by atoms with van der Waals surface area (Å²) in [6.07, 6.45) is 3.52. The predicted octanol–water partition coefficient (Wildman–Crippen LogP) is 3.09. The molecule has 18 heavy (non-hydrogen) atoms. The summed E-state index contributed by atoms with van der Waals surface area (Å²) < 4.78 is 0. The molecule has 0 radical (unpaired) electrons. The fraction of sp³-hybridized carbons (Fsp3) is 0.143. The minimum Gasteiger partial charge on any atom is -0.323 e. The normalized spacial score (nSPS) is 10.2. The lowest BCUT2D eigenvalue weighted by molar-refractivity contribution is -0.113. The molecule has 0 fully saturated rings. The SMILES string of the molecule is C=CCSCC(=O)Nc1cccc2cccnc12. The van der Waals surface area contributed by atoms with Crippen LogP contribution in [-0.4, -0.2) is 22.4 Å². The molecule has 0 bridgehead atoms. The van der Waals surface area contributed by atoms with Gasteiger partial charge in [0.15, 0.2) is 0 Å². The van der Waals surface area contributed by atoms with Crippen molar-refractivity contribution in [3.63, 3.8) is 0 Å². The van der Waals surface area contributed by atoms with Crippen LogP contribution in [0.15, 0.2) is 49.2 Å². The summed E-state index contributed by atoms with van der Waals surface area (Å²) in [7, 11) is 0. The number of rotatable bonds is 5. The van der Waals surface area contributed by atoms with E-state index in [0.29, 0.717) is 5.75 Å². The second-order valence-corrected chi connectivity index (χ2v) is 4.76. The van der Waals surface area contributed by atoms with Crippen LogP contribution in [0.5, 0.6) is 0 Å². The van der Waals surface area contributed by atoms with Gasteiger partial charge < -0.3 is 5.32 Å². The van der Waals surface area contributed by atoms with E-state index in [2.05, 4.69) is 16.9 Å². The number of nitrogens with zero attached hydrogens (tertiary/aromatic N) is 1. The van der Waals surface area contributed by atoms with Crippen molar-refractivity contribution in [1.82, 2.24) is 4.98 Å². The van der Waals surface area contributed by atoms with Gasteiger partial charge in [-0.2, -0.15) is 0 Å². The van der Waals surface area contributed by atoms with Crippen molar-refractivity contribution in [3.05, 3.63) is 49.2 Å². The molecule has 0 saturated carbocycles. The third-order valence-electron chi connectivity index (χ3n) is 2.38. The van der Waals surface area contributed by atoms with Gasteiger partial charge in [-0.3, -0.25) is 9.78 Å². The zero-order valence-corrected chi connectivity index (χ0v) is 10.7. The van der Waals surface area contributed by atoms with Crippen molar-refractivity contribution in [2.24, 2.45) is 0 Å². The first kappa shape index (κ1) is 12.6. The van der Waals surface area contributed by atoms with Gasteiger partial charge in [-0.05, 0) is 12.1 Å². The van der Waals surface area contributed by atoms with Gasteiger partial charge in [-0.1, -0.05) is 24.3 Å². The lowest BCUT2D eigenvalue weighted by Gasteiger charge is -2.07. The van der Waals surface area contributed by atoms with Crippen molar-refractivity contribution in [2.75, 3.05) is 16.8 Å². The first-order chi connectivity index (χ1) is 8.81. The van der Waals surface area contributed by atoms with Crippen molar-refractivity contribution in [2.45, 2.75) is 0 Å². The van der Waals surface area contributed by atoms with E-state index in [4.69, 9.17) is 0 Å². The van der Waals surface area contributed by atoms with Crippen molar-refractivity contribution < 1.29 is 4.79 Å². The summed E-state index contributed by atoms with van der Waals surface area (Å²) in [5.74, 6) is 1.19. The lowest BCUT2D eigenvalue weighted by Crippen LogP contribution is -2.14. The fourth-order valence-corrected chi connectivity index (χ4v) is 2.17. The summed E-state index contributed by atoms with van der Waals surface area (Å²) >= 11 is 1.54. The van der Waals surface area contributed by atoms with Crippen LogP contribution >= 0.6 is 11.8 Å². The molecule has 1 amide bonds. The van der Waals surface area contributed by atoms with Gasteiger partial charge in [-0.25, -0.2) is 0 Å². The number of hydrogen-bond donors (Lipinski definition) is 1. The van der Waals surface area contributed by atoms with Crippen LogP contribution in [0.4, 0.5) is 5.69 Å². The van der Waals surface area contributed by atoms with E-state index >= 15 is 0 Å². The van der Waals surface area contributed by atoms with Crippen molar-refractivity contribution in [1.29, 1.82) is 0 Å². The number of amides is 1. The molecule has 4 heteroatoms. The summed E-state index contributed by atoms with van der Waals surface area (Å²) in [4.78, 5) is 16.0. The first-order valence-corrected chi connectivity index (χ1v) is 6.79. The highest BCUT2D eigenvalue weighted by Gasteiger charge is 2.05. The zero-order chi connectivity index (χ0) is 12.8. The van der Waals surface area contributed by atoms with Gasteiger partial charge in [0.2, 0.25) is 5.91 Å². The molecule has 0 aliphatic rings. The van der Waals surface area contributed by atoms with Crippen LogP contribution in [0.2, 0.25) is 0 Å². The molecule has 3 nitrogen and oxygen atoms in total. The van der Waals surface area contributed by atoms with E-state index in [0.717, 1.165) is 22.3 Å². The first-order valence-electron chi connectivity index (χ1n) is 5.63. The Hall–Kier alpha value is -1.81. The Morgan fingerprint density at radius 3 is 3.06 bits per heavy atom. The molecule has 0 aliphatic heterocycles. The molecule has 0 unspecified atom stereocenters. The predicted molar refractivity (Wildman–Crippen MR) is 77.9 cm³/mol. The molecule has 2 aromatic rings. The van der Waals surface area contributed by atoms with Gasteiger partial charge in [0, 0.05) is 17.3 Å².